The molecule has 3 rings (SSSR count). The summed E-state index contributed by atoms with van der Waals surface area (Å²) in [4.78, 5) is 19.6. The molecule has 6 heteroatoms. The summed E-state index contributed by atoms with van der Waals surface area (Å²) in [5, 5.41) is 7.35. The third kappa shape index (κ3) is 6.78. The van der Waals surface area contributed by atoms with Gasteiger partial charge in [0.1, 0.15) is 5.76 Å². The van der Waals surface area contributed by atoms with Gasteiger partial charge in [-0.3, -0.25) is 9.79 Å². The Morgan fingerprint density at radius 3 is 2.37 bits per heavy atom. The molecule has 0 unspecified atom stereocenters. The molecule has 2 heterocycles. The number of likely N-dealkylation sites (tertiary alicyclic amines) is 1. The number of hydrogen-bond donors (Lipinski definition) is 2. The summed E-state index contributed by atoms with van der Waals surface area (Å²) in [6.07, 6.45) is 12.8. The molecule has 0 atom stereocenters. The Hall–Kier alpha value is -1.98. The Bertz CT molecular complexity index is 640. The van der Waals surface area contributed by atoms with Gasteiger partial charge in [0.2, 0.25) is 5.91 Å². The summed E-state index contributed by atoms with van der Waals surface area (Å²) in [5.74, 6) is 2.43. The molecule has 30 heavy (non-hydrogen) atoms. The fourth-order valence-electron chi connectivity index (χ4n) is 4.64. The first kappa shape index (κ1) is 22.7. The van der Waals surface area contributed by atoms with Crippen LogP contribution in [0.15, 0.2) is 27.8 Å². The lowest BCUT2D eigenvalue weighted by Crippen LogP contribution is -2.52. The van der Waals surface area contributed by atoms with Gasteiger partial charge in [-0.15, -0.1) is 0 Å². The van der Waals surface area contributed by atoms with Gasteiger partial charge in [0.25, 0.3) is 0 Å². The molecule has 1 amide bonds. The topological polar surface area (TPSA) is 69.9 Å². The van der Waals surface area contributed by atoms with Gasteiger partial charge < -0.3 is 20.0 Å². The first-order chi connectivity index (χ1) is 14.7. The van der Waals surface area contributed by atoms with E-state index in [-0.39, 0.29) is 5.92 Å². The minimum absolute atomic E-state index is 0.182. The van der Waals surface area contributed by atoms with Gasteiger partial charge in [-0.05, 0) is 50.7 Å². The van der Waals surface area contributed by atoms with Crippen molar-refractivity contribution in [1.82, 2.24) is 15.5 Å². The Morgan fingerprint density at radius 1 is 1.10 bits per heavy atom. The number of carbonyl (C=O) groups is 1. The Labute approximate surface area is 181 Å². The van der Waals surface area contributed by atoms with E-state index in [1.165, 1.54) is 32.1 Å². The minimum Gasteiger partial charge on any atom is -0.469 e. The van der Waals surface area contributed by atoms with Gasteiger partial charge in [-0.2, -0.15) is 0 Å². The molecule has 0 spiro atoms. The number of amides is 1. The average molecular weight is 417 g/mol. The normalized spacial score (nSPS) is 19.3. The smallest absolute Gasteiger partial charge is 0.225 e. The predicted octanol–water partition coefficient (Wildman–Crippen LogP) is 4.12. The molecule has 1 aliphatic heterocycles. The summed E-state index contributed by atoms with van der Waals surface area (Å²) in [6, 6.07) is 4.82. The fourth-order valence-corrected chi connectivity index (χ4v) is 4.64. The van der Waals surface area contributed by atoms with Crippen LogP contribution in [0.4, 0.5) is 0 Å². The summed E-state index contributed by atoms with van der Waals surface area (Å²) in [7, 11) is 0. The fraction of sp³-hybridized carbons (Fsp3) is 0.750. The molecule has 0 radical (unpaired) electrons. The van der Waals surface area contributed by atoms with E-state index in [9.17, 15) is 4.79 Å². The third-order valence-corrected chi connectivity index (χ3v) is 6.64. The molecule has 0 aromatic carbocycles. The first-order valence-electron chi connectivity index (χ1n) is 12.1. The van der Waals surface area contributed by atoms with Crippen LogP contribution < -0.4 is 10.6 Å². The molecule has 1 saturated heterocycles. The molecule has 6 nitrogen and oxygen atoms in total. The second-order valence-corrected chi connectivity index (χ2v) is 8.80. The number of piperidine rings is 1. The summed E-state index contributed by atoms with van der Waals surface area (Å²) in [5.41, 5.74) is 0. The number of nitrogens with one attached hydrogen (secondary N) is 2. The van der Waals surface area contributed by atoms with E-state index in [0.717, 1.165) is 56.9 Å². The van der Waals surface area contributed by atoms with Gasteiger partial charge in [0, 0.05) is 44.1 Å². The SMILES string of the molecule is CCC(CC)C(=O)N1CCC(NC(=NCCc2ccco2)NC2CCCCC2)CC1. The van der Waals surface area contributed by atoms with Gasteiger partial charge >= 0.3 is 0 Å². The first-order valence-corrected chi connectivity index (χ1v) is 12.1. The molecule has 1 saturated carbocycles. The van der Waals surface area contributed by atoms with Crippen LogP contribution in [0.25, 0.3) is 0 Å². The Morgan fingerprint density at radius 2 is 1.77 bits per heavy atom. The minimum atomic E-state index is 0.182. The highest BCUT2D eigenvalue weighted by atomic mass is 16.3. The van der Waals surface area contributed by atoms with E-state index < -0.39 is 0 Å². The maximum absolute atomic E-state index is 12.7. The van der Waals surface area contributed by atoms with Crippen molar-refractivity contribution in [2.75, 3.05) is 19.6 Å². The second kappa shape index (κ2) is 12.0. The monoisotopic (exact) mass is 416 g/mol. The van der Waals surface area contributed by atoms with Crippen LogP contribution in [0.5, 0.6) is 0 Å². The van der Waals surface area contributed by atoms with Crippen molar-refractivity contribution in [3.05, 3.63) is 24.2 Å². The average Bonchev–Trinajstić information content (AvgIpc) is 3.29. The lowest BCUT2D eigenvalue weighted by atomic mass is 9.95. The second-order valence-electron chi connectivity index (χ2n) is 8.80. The highest BCUT2D eigenvalue weighted by Gasteiger charge is 2.27. The van der Waals surface area contributed by atoms with E-state index in [2.05, 4.69) is 29.4 Å². The molecule has 0 bridgehead atoms. The summed E-state index contributed by atoms with van der Waals surface area (Å²) in [6.45, 7) is 6.62. The van der Waals surface area contributed by atoms with Crippen molar-refractivity contribution in [2.24, 2.45) is 10.9 Å². The van der Waals surface area contributed by atoms with E-state index in [4.69, 9.17) is 9.41 Å². The zero-order valence-corrected chi connectivity index (χ0v) is 18.9. The lowest BCUT2D eigenvalue weighted by Gasteiger charge is -2.35. The van der Waals surface area contributed by atoms with Gasteiger partial charge in [0.15, 0.2) is 5.96 Å². The number of hydrogen-bond acceptors (Lipinski definition) is 3. The zero-order chi connectivity index (χ0) is 21.2. The molecule has 2 fully saturated rings. The number of carbonyl (C=O) groups excluding carboxylic acids is 1. The summed E-state index contributed by atoms with van der Waals surface area (Å²) >= 11 is 0. The van der Waals surface area contributed by atoms with Gasteiger partial charge in [-0.25, -0.2) is 0 Å². The van der Waals surface area contributed by atoms with E-state index in [0.29, 0.717) is 24.5 Å². The number of furan rings is 1. The van der Waals surface area contributed by atoms with Gasteiger partial charge in [-0.1, -0.05) is 33.1 Å². The van der Waals surface area contributed by atoms with Crippen molar-refractivity contribution in [1.29, 1.82) is 0 Å². The van der Waals surface area contributed by atoms with Crippen LogP contribution in [0.2, 0.25) is 0 Å². The lowest BCUT2D eigenvalue weighted by molar-refractivity contribution is -0.136. The number of guanidine groups is 1. The number of aliphatic imine (C=N–C) groups is 1. The Balaban J connectivity index is 1.52. The van der Waals surface area contributed by atoms with E-state index >= 15 is 0 Å². The van der Waals surface area contributed by atoms with Crippen molar-refractivity contribution in [2.45, 2.75) is 90.1 Å². The molecule has 2 aliphatic rings. The zero-order valence-electron chi connectivity index (χ0n) is 18.9. The van der Waals surface area contributed by atoms with Crippen LogP contribution in [0, 0.1) is 5.92 Å². The third-order valence-electron chi connectivity index (χ3n) is 6.64. The standard InChI is InChI=1S/C24H40N4O2/c1-3-19(4-2)23(29)28-16-13-21(14-17-28)27-24(26-20-9-6-5-7-10-20)25-15-12-22-11-8-18-30-22/h8,11,18-21H,3-7,9-10,12-17H2,1-2H3,(H2,25,26,27). The van der Waals surface area contributed by atoms with Gasteiger partial charge in [0.05, 0.1) is 6.26 Å². The molecular formula is C24H40N4O2. The number of nitrogens with zero attached hydrogens (tertiary/aromatic N) is 2. The van der Waals surface area contributed by atoms with E-state index in [1.807, 2.05) is 12.1 Å². The van der Waals surface area contributed by atoms with Crippen molar-refractivity contribution in [3.63, 3.8) is 0 Å². The summed E-state index contributed by atoms with van der Waals surface area (Å²) < 4.78 is 5.44. The molecule has 1 aromatic rings. The molecule has 2 N–H and O–H groups in total. The number of rotatable bonds is 8. The highest BCUT2D eigenvalue weighted by molar-refractivity contribution is 5.81. The van der Waals surface area contributed by atoms with Crippen LogP contribution in [0.1, 0.15) is 77.4 Å². The van der Waals surface area contributed by atoms with Crippen LogP contribution >= 0.6 is 0 Å². The maximum Gasteiger partial charge on any atom is 0.225 e. The predicted molar refractivity (Wildman–Crippen MR) is 122 cm³/mol. The Kier molecular flexibility index (Phi) is 9.09. The van der Waals surface area contributed by atoms with Crippen molar-refractivity contribution < 1.29 is 9.21 Å². The quantitative estimate of drug-likeness (QED) is 0.494. The molecular weight excluding hydrogens is 376 g/mol. The molecule has 1 aromatic heterocycles. The van der Waals surface area contributed by atoms with Crippen molar-refractivity contribution >= 4 is 11.9 Å². The van der Waals surface area contributed by atoms with Crippen LogP contribution in [-0.2, 0) is 11.2 Å². The molecule has 1 aliphatic carbocycles. The van der Waals surface area contributed by atoms with Crippen LogP contribution in [0.3, 0.4) is 0 Å². The largest absolute Gasteiger partial charge is 0.469 e. The van der Waals surface area contributed by atoms with Crippen molar-refractivity contribution in [3.8, 4) is 0 Å². The highest BCUT2D eigenvalue weighted by Crippen LogP contribution is 2.19. The maximum atomic E-state index is 12.7. The molecule has 168 valence electrons. The van der Waals surface area contributed by atoms with Crippen LogP contribution in [-0.4, -0.2) is 48.5 Å². The van der Waals surface area contributed by atoms with E-state index in [1.54, 1.807) is 6.26 Å².